The minimum atomic E-state index is -3.92. The number of likely N-dealkylation sites (tertiary alicyclic amines) is 1. The molecule has 6 rings (SSSR count). The largest absolute Gasteiger partial charge is 0.508 e. The van der Waals surface area contributed by atoms with Gasteiger partial charge >= 0.3 is 0 Å². The number of carbonyl (C=O) groups is 9. The van der Waals surface area contributed by atoms with Gasteiger partial charge in [-0.3, -0.25) is 43.2 Å². The third-order valence-corrected chi connectivity index (χ3v) is 14.4. The second-order valence-electron chi connectivity index (χ2n) is 20.1. The van der Waals surface area contributed by atoms with E-state index in [2.05, 4.69) is 72.3 Å². The lowest BCUT2D eigenvalue weighted by molar-refractivity contribution is -0.141. The van der Waals surface area contributed by atoms with Crippen LogP contribution in [0.3, 0.4) is 0 Å². The molecule has 1 aliphatic heterocycles. The summed E-state index contributed by atoms with van der Waals surface area (Å²) in [6, 6.07) is 1.10. The van der Waals surface area contributed by atoms with Crippen LogP contribution in [0.2, 0.25) is 0 Å². The van der Waals surface area contributed by atoms with E-state index in [1.165, 1.54) is 105 Å². The predicted molar refractivity (Wildman–Crippen MR) is 301 cm³/mol. The van der Waals surface area contributed by atoms with Crippen molar-refractivity contribution in [2.24, 2.45) is 21.8 Å². The zero-order valence-corrected chi connectivity index (χ0v) is 47.3. The van der Waals surface area contributed by atoms with Gasteiger partial charge in [0.05, 0.1) is 23.9 Å². The van der Waals surface area contributed by atoms with Crippen molar-refractivity contribution >= 4 is 69.4 Å². The molecular weight excluding hydrogens is 1130 g/mol. The molecule has 85 heavy (non-hydrogen) atoms. The molecule has 9 amide bonds. The highest BCUT2D eigenvalue weighted by atomic mass is 32.2. The summed E-state index contributed by atoms with van der Waals surface area (Å²) in [6.07, 6.45) is 10.2. The molecule has 1 saturated heterocycles. The first kappa shape index (κ1) is 64.6. The van der Waals surface area contributed by atoms with Gasteiger partial charge in [-0.05, 0) is 87.9 Å². The molecule has 0 bridgehead atoms. The van der Waals surface area contributed by atoms with E-state index in [0.29, 0.717) is 47.5 Å². The number of amides is 9. The Kier molecular flexibility index (Phi) is 23.7. The highest BCUT2D eigenvalue weighted by Gasteiger charge is 2.40. The first-order valence-corrected chi connectivity index (χ1v) is 28.5. The lowest BCUT2D eigenvalue weighted by Crippen LogP contribution is -2.60. The first-order chi connectivity index (χ1) is 40.6. The van der Waals surface area contributed by atoms with Crippen LogP contribution in [0.5, 0.6) is 5.75 Å². The number of aromatic hydroxyl groups is 1. The molecule has 32 heteroatoms. The smallest absolute Gasteiger partial charge is 0.266 e. The number of nitrogens with zero attached hydrogens (tertiary/aromatic N) is 5. The minimum absolute atomic E-state index is 0.00469. The number of sulfonamides is 1. The Morgan fingerprint density at radius 1 is 0.671 bits per heavy atom. The van der Waals surface area contributed by atoms with Crippen molar-refractivity contribution in [1.82, 2.24) is 72.0 Å². The van der Waals surface area contributed by atoms with Crippen molar-refractivity contribution in [3.05, 3.63) is 114 Å². The summed E-state index contributed by atoms with van der Waals surface area (Å²) in [7, 11) is -3.92. The van der Waals surface area contributed by atoms with Crippen molar-refractivity contribution in [3.63, 3.8) is 0 Å². The van der Waals surface area contributed by atoms with E-state index in [4.69, 9.17) is 21.4 Å². The molecule has 0 spiro atoms. The fourth-order valence-corrected chi connectivity index (χ4v) is 9.41. The number of phenolic OH excluding ortho intramolecular Hbond substituents is 1. The van der Waals surface area contributed by atoms with Gasteiger partial charge in [0.2, 0.25) is 57.3 Å². The maximum absolute atomic E-state index is 14.5. The Morgan fingerprint density at radius 3 is 1.72 bits per heavy atom. The number of hydrogen-bond donors (Lipinski definition) is 14. The molecule has 3 aromatic heterocycles. The molecule has 17 N–H and O–H groups in total. The third-order valence-electron chi connectivity index (χ3n) is 13.5. The fraction of sp³-hybridized carbons (Fsp3) is 0.415. The summed E-state index contributed by atoms with van der Waals surface area (Å²) >= 11 is 0. The molecule has 456 valence electrons. The van der Waals surface area contributed by atoms with Gasteiger partial charge in [0.25, 0.3) is 5.91 Å². The van der Waals surface area contributed by atoms with Crippen LogP contribution in [-0.4, -0.2) is 169 Å². The minimum Gasteiger partial charge on any atom is -0.508 e. The second-order valence-corrected chi connectivity index (χ2v) is 21.6. The summed E-state index contributed by atoms with van der Waals surface area (Å²) in [5.41, 5.74) is 13.7. The number of rotatable bonds is 32. The number of oxime groups is 1. The van der Waals surface area contributed by atoms with E-state index in [1.54, 1.807) is 0 Å². The van der Waals surface area contributed by atoms with Crippen molar-refractivity contribution in [3.8, 4) is 5.75 Å². The van der Waals surface area contributed by atoms with Crippen LogP contribution in [0, 0.1) is 0 Å². The Morgan fingerprint density at radius 2 is 1.18 bits per heavy atom. The van der Waals surface area contributed by atoms with Gasteiger partial charge in [0.15, 0.2) is 0 Å². The molecule has 0 unspecified atom stereocenters. The van der Waals surface area contributed by atoms with Gasteiger partial charge in [-0.1, -0.05) is 29.4 Å². The fourth-order valence-electron chi connectivity index (χ4n) is 8.90. The van der Waals surface area contributed by atoms with Crippen LogP contribution in [0.15, 0.2) is 96.2 Å². The Hall–Kier alpha value is -9.56. The van der Waals surface area contributed by atoms with Crippen LogP contribution in [0.4, 0.5) is 0 Å². The number of carbonyl (C=O) groups excluding carboxylic acids is 9. The van der Waals surface area contributed by atoms with Crippen molar-refractivity contribution in [2.75, 3.05) is 13.1 Å². The average Bonchev–Trinajstić information content (AvgIpc) is 4.24. The van der Waals surface area contributed by atoms with E-state index >= 15 is 0 Å². The number of H-pyrrole nitrogens is 3. The van der Waals surface area contributed by atoms with E-state index in [-0.39, 0.29) is 68.9 Å². The molecule has 0 saturated carbocycles. The number of hydrogen-bond acceptors (Lipinski definition) is 18. The maximum Gasteiger partial charge on any atom is 0.266 e. The molecular formula is C53H70N18O13S. The number of imidazole rings is 3. The van der Waals surface area contributed by atoms with Crippen LogP contribution in [0.1, 0.15) is 74.2 Å². The standard InChI is InChI=1S/C53H70N18O13S/c1-30(47(75)68-40(46(55)74)19-34-22-57-27-60-34)65-50(78)42(20-35-23-58-28-61-35)69-48(76)31(2)64-49(77)39(6-3-4-16-54)67-51(79)41(18-32-8-12-37(72)13-9-32)70-52(80)44-7-5-17-71(44)53(81)43(21-36-24-59-29-62-36)66-45(73)25-63-84-26-33-10-14-38(15-11-33)85(56,82)83/h8-15,22-25,27-31,39-44,72H,3-7,16-21,26,54H2,1-2H3,(H2,55,74)(H,57,60)(H,58,61)(H,59,62)(H,64,77)(H,65,78)(H,66,73)(H,67,79)(H,68,75)(H,69,76)(H,70,80)(H2,56,82,83)/b63-25+/t30-,31-,39-,40-,41-,42-,43-,44-/m0/s1. The topological polar surface area (TPSA) is 481 Å². The molecule has 1 fully saturated rings. The van der Waals surface area contributed by atoms with Crippen LogP contribution >= 0.6 is 0 Å². The molecule has 4 heterocycles. The predicted octanol–water partition coefficient (Wildman–Crippen LogP) is -3.28. The summed E-state index contributed by atoms with van der Waals surface area (Å²) in [4.78, 5) is 151. The van der Waals surface area contributed by atoms with Crippen LogP contribution in [-0.2, 0) is 90.3 Å². The molecule has 1 aliphatic rings. The number of aromatic amines is 3. The zero-order chi connectivity index (χ0) is 61.6. The number of nitrogens with two attached hydrogens (primary N) is 3. The monoisotopic (exact) mass is 1200 g/mol. The average molecular weight is 1200 g/mol. The molecule has 31 nitrogen and oxygen atoms in total. The Bertz CT molecular complexity index is 3200. The molecule has 0 aliphatic carbocycles. The molecule has 5 aromatic rings. The normalized spacial score (nSPS) is 15.7. The van der Waals surface area contributed by atoms with Gasteiger partial charge in [0, 0.05) is 67.9 Å². The van der Waals surface area contributed by atoms with E-state index < -0.39 is 112 Å². The van der Waals surface area contributed by atoms with Crippen LogP contribution in [0.25, 0.3) is 0 Å². The van der Waals surface area contributed by atoms with Crippen molar-refractivity contribution < 1.29 is 61.5 Å². The summed E-state index contributed by atoms with van der Waals surface area (Å²) < 4.78 is 23.2. The molecule has 2 aromatic carbocycles. The Balaban J connectivity index is 1.12. The molecule has 0 radical (unpaired) electrons. The third kappa shape index (κ3) is 20.1. The number of primary amides is 1. The highest BCUT2D eigenvalue weighted by molar-refractivity contribution is 7.89. The first-order valence-electron chi connectivity index (χ1n) is 27.0. The summed E-state index contributed by atoms with van der Waals surface area (Å²) in [6.45, 7) is 2.89. The van der Waals surface area contributed by atoms with Gasteiger partial charge in [-0.25, -0.2) is 28.5 Å². The number of phenols is 1. The van der Waals surface area contributed by atoms with Crippen molar-refractivity contribution in [2.45, 2.75) is 131 Å². The van der Waals surface area contributed by atoms with E-state index in [9.17, 15) is 56.7 Å². The number of nitrogens with one attached hydrogen (secondary N) is 10. The molecule has 8 atom stereocenters. The lowest BCUT2D eigenvalue weighted by Gasteiger charge is -2.30. The maximum atomic E-state index is 14.5. The van der Waals surface area contributed by atoms with Gasteiger partial charge in [0.1, 0.15) is 66.9 Å². The quantitative estimate of drug-likeness (QED) is 0.0114. The highest BCUT2D eigenvalue weighted by Crippen LogP contribution is 2.21. The van der Waals surface area contributed by atoms with E-state index in [0.717, 1.165) is 6.21 Å². The van der Waals surface area contributed by atoms with Gasteiger partial charge < -0.3 is 78.5 Å². The second kappa shape index (κ2) is 31.2. The van der Waals surface area contributed by atoms with E-state index in [1.807, 2.05) is 0 Å². The van der Waals surface area contributed by atoms with Crippen molar-refractivity contribution in [1.29, 1.82) is 0 Å². The number of aromatic nitrogens is 6. The zero-order valence-electron chi connectivity index (χ0n) is 46.5. The van der Waals surface area contributed by atoms with Crippen LogP contribution < -0.4 is 53.8 Å². The summed E-state index contributed by atoms with van der Waals surface area (Å²) in [5, 5.41) is 37.2. The lowest BCUT2D eigenvalue weighted by atomic mass is 10.0. The summed E-state index contributed by atoms with van der Waals surface area (Å²) in [5.74, 6) is -7.17. The number of benzene rings is 2. The Labute approximate surface area is 487 Å². The van der Waals surface area contributed by atoms with Gasteiger partial charge in [-0.15, -0.1) is 0 Å². The number of unbranched alkanes of at least 4 members (excludes halogenated alkanes) is 1. The number of primary sulfonamides is 1. The SMILES string of the molecule is C[C@H](NC(=O)[C@H](Cc1cnc[nH]1)NC(=O)[C@H](C)NC(=O)[C@H](CCCCN)NC(=O)[C@H](Cc1ccc(O)cc1)NC(=O)[C@@H]1CCCN1C(=O)[C@H](Cc1cnc[nH]1)NC(=O)/C=N/OCc1ccc(S(N)(=O)=O)cc1)C(=O)N[C@@H](Cc1cnc[nH]1)C(N)=O. The van der Waals surface area contributed by atoms with Gasteiger partial charge in [-0.2, -0.15) is 0 Å².